The molecule has 0 saturated carbocycles. The molecule has 0 aliphatic carbocycles. The summed E-state index contributed by atoms with van der Waals surface area (Å²) in [6.45, 7) is 14.0. The van der Waals surface area contributed by atoms with Crippen LogP contribution in [0.25, 0.3) is 0 Å². The zero-order valence-electron chi connectivity index (χ0n) is 16.7. The smallest absolute Gasteiger partial charge is 0.341 e. The molecule has 1 aliphatic rings. The number of hydrogen-bond acceptors (Lipinski definition) is 4. The standard InChI is InChI=1S/C19H31N3O2S2/c1-7-9-10-20-17(25)21-15-13(16(23)24-8-2)12-11-18(3,4)22-19(5,6)14(12)26-15/h22H,7-11H2,1-6H3,(H2,20,21,25)/p+1. The van der Waals surface area contributed by atoms with Crippen molar-refractivity contribution in [3.05, 3.63) is 16.0 Å². The first-order chi connectivity index (χ1) is 12.1. The van der Waals surface area contributed by atoms with Crippen LogP contribution in [0.3, 0.4) is 0 Å². The number of thiophene rings is 1. The first-order valence-corrected chi connectivity index (χ1v) is 10.6. The highest BCUT2D eigenvalue weighted by Gasteiger charge is 2.45. The van der Waals surface area contributed by atoms with Crippen LogP contribution in [0.4, 0.5) is 5.00 Å². The first kappa shape index (κ1) is 21.1. The maximum atomic E-state index is 12.7. The van der Waals surface area contributed by atoms with Gasteiger partial charge in [0.1, 0.15) is 10.5 Å². The summed E-state index contributed by atoms with van der Waals surface area (Å²) >= 11 is 7.05. The van der Waals surface area contributed by atoms with Crippen LogP contribution in [-0.4, -0.2) is 29.8 Å². The summed E-state index contributed by atoms with van der Waals surface area (Å²) in [6.07, 6.45) is 2.99. The Morgan fingerprint density at radius 2 is 2.00 bits per heavy atom. The van der Waals surface area contributed by atoms with E-state index < -0.39 is 0 Å². The second-order valence-electron chi connectivity index (χ2n) is 8.10. The van der Waals surface area contributed by atoms with Crippen molar-refractivity contribution in [2.24, 2.45) is 0 Å². The second-order valence-corrected chi connectivity index (χ2v) is 9.53. The van der Waals surface area contributed by atoms with Gasteiger partial charge in [0, 0.05) is 13.0 Å². The maximum Gasteiger partial charge on any atom is 0.341 e. The molecule has 2 heterocycles. The molecule has 0 amide bonds. The van der Waals surface area contributed by atoms with Gasteiger partial charge in [0.2, 0.25) is 0 Å². The number of nitrogens with one attached hydrogen (secondary N) is 2. The molecule has 0 bridgehead atoms. The minimum absolute atomic E-state index is 0.0238. The molecule has 5 nitrogen and oxygen atoms in total. The molecule has 0 atom stereocenters. The summed E-state index contributed by atoms with van der Waals surface area (Å²) in [5, 5.41) is 10.2. The Balaban J connectivity index is 2.40. The molecule has 146 valence electrons. The summed E-state index contributed by atoms with van der Waals surface area (Å²) in [4.78, 5) is 14.0. The number of nitrogens with two attached hydrogens (primary N) is 1. The van der Waals surface area contributed by atoms with Crippen molar-refractivity contribution in [2.45, 2.75) is 71.9 Å². The van der Waals surface area contributed by atoms with E-state index in [-0.39, 0.29) is 17.0 Å². The van der Waals surface area contributed by atoms with Crippen LogP contribution in [0.1, 0.15) is 75.2 Å². The van der Waals surface area contributed by atoms with Crippen molar-refractivity contribution >= 4 is 39.6 Å². The number of unbranched alkanes of at least 4 members (excludes halogenated alkanes) is 1. The summed E-state index contributed by atoms with van der Waals surface area (Å²) in [6, 6.07) is 0. The van der Waals surface area contributed by atoms with E-state index in [4.69, 9.17) is 17.0 Å². The van der Waals surface area contributed by atoms with Gasteiger partial charge in [0.15, 0.2) is 5.11 Å². The summed E-state index contributed by atoms with van der Waals surface area (Å²) in [5.41, 5.74) is 1.68. The highest BCUT2D eigenvalue weighted by atomic mass is 32.1. The summed E-state index contributed by atoms with van der Waals surface area (Å²) in [5.74, 6) is -0.266. The Morgan fingerprint density at radius 3 is 2.62 bits per heavy atom. The predicted molar refractivity (Wildman–Crippen MR) is 112 cm³/mol. The lowest BCUT2D eigenvalue weighted by molar-refractivity contribution is -0.789. The van der Waals surface area contributed by atoms with Crippen molar-refractivity contribution in [3.8, 4) is 0 Å². The van der Waals surface area contributed by atoms with Gasteiger partial charge in [0.25, 0.3) is 0 Å². The summed E-state index contributed by atoms with van der Waals surface area (Å²) < 4.78 is 5.36. The third-order valence-electron chi connectivity index (χ3n) is 4.50. The molecule has 0 spiro atoms. The number of fused-ring (bicyclic) bond motifs is 1. The minimum atomic E-state index is -0.266. The molecule has 4 N–H and O–H groups in total. The predicted octanol–water partition coefficient (Wildman–Crippen LogP) is 3.14. The second kappa shape index (κ2) is 8.23. The van der Waals surface area contributed by atoms with Crippen molar-refractivity contribution in [3.63, 3.8) is 0 Å². The molecule has 0 fully saturated rings. The Kier molecular flexibility index (Phi) is 6.69. The molecule has 26 heavy (non-hydrogen) atoms. The lowest BCUT2D eigenvalue weighted by Gasteiger charge is -2.38. The van der Waals surface area contributed by atoms with Crippen molar-refractivity contribution in [1.29, 1.82) is 0 Å². The topological polar surface area (TPSA) is 67.0 Å². The average molecular weight is 399 g/mol. The lowest BCUT2D eigenvalue weighted by atomic mass is 9.81. The third-order valence-corrected chi connectivity index (χ3v) is 6.23. The Bertz CT molecular complexity index is 681. The van der Waals surface area contributed by atoms with Crippen LogP contribution in [0.15, 0.2) is 0 Å². The maximum absolute atomic E-state index is 12.7. The zero-order valence-corrected chi connectivity index (χ0v) is 18.4. The van der Waals surface area contributed by atoms with Gasteiger partial charge in [-0.15, -0.1) is 11.3 Å². The fraction of sp³-hybridized carbons (Fsp3) is 0.684. The van der Waals surface area contributed by atoms with Gasteiger partial charge < -0.3 is 20.7 Å². The van der Waals surface area contributed by atoms with Gasteiger partial charge in [-0.1, -0.05) is 13.3 Å². The quantitative estimate of drug-likeness (QED) is 0.390. The van der Waals surface area contributed by atoms with E-state index in [0.717, 1.165) is 36.4 Å². The van der Waals surface area contributed by atoms with Crippen LogP contribution >= 0.6 is 23.6 Å². The first-order valence-electron chi connectivity index (χ1n) is 9.36. The SMILES string of the molecule is CCCCNC(=S)Nc1sc2c(c1C(=O)OCC)CC(C)(C)[NH2+]C2(C)C. The number of esters is 1. The van der Waals surface area contributed by atoms with Gasteiger partial charge in [-0.25, -0.2) is 4.79 Å². The van der Waals surface area contributed by atoms with Crippen LogP contribution in [0.2, 0.25) is 0 Å². The molecule has 0 saturated heterocycles. The fourth-order valence-electron chi connectivity index (χ4n) is 3.74. The number of carbonyl (C=O) groups is 1. The highest BCUT2D eigenvalue weighted by molar-refractivity contribution is 7.80. The van der Waals surface area contributed by atoms with Gasteiger partial charge in [0.05, 0.1) is 22.6 Å². The molecule has 0 unspecified atom stereocenters. The molecular formula is C19H32N3O2S2+. The van der Waals surface area contributed by atoms with Gasteiger partial charge in [-0.05, 0) is 58.8 Å². The Morgan fingerprint density at radius 1 is 1.31 bits per heavy atom. The average Bonchev–Trinajstić information content (AvgIpc) is 2.84. The van der Waals surface area contributed by atoms with Crippen LogP contribution in [0.5, 0.6) is 0 Å². The van der Waals surface area contributed by atoms with E-state index in [1.54, 1.807) is 11.3 Å². The van der Waals surface area contributed by atoms with Crippen LogP contribution in [0, 0.1) is 0 Å². The molecule has 7 heteroatoms. The molecule has 0 radical (unpaired) electrons. The number of rotatable bonds is 6. The molecule has 0 aromatic carbocycles. The van der Waals surface area contributed by atoms with Crippen LogP contribution < -0.4 is 16.0 Å². The molecule has 1 aromatic heterocycles. The minimum Gasteiger partial charge on any atom is -0.462 e. The molecule has 1 aliphatic heterocycles. The van der Waals surface area contributed by atoms with E-state index in [1.807, 2.05) is 6.92 Å². The normalized spacial score (nSPS) is 17.3. The Labute approximate surface area is 166 Å². The van der Waals surface area contributed by atoms with E-state index in [9.17, 15) is 4.79 Å². The number of anilines is 1. The molecule has 2 rings (SSSR count). The largest absolute Gasteiger partial charge is 0.462 e. The van der Waals surface area contributed by atoms with Gasteiger partial charge >= 0.3 is 5.97 Å². The zero-order chi connectivity index (χ0) is 19.5. The van der Waals surface area contributed by atoms with Crippen molar-refractivity contribution in [1.82, 2.24) is 5.32 Å². The van der Waals surface area contributed by atoms with Crippen molar-refractivity contribution < 1.29 is 14.8 Å². The monoisotopic (exact) mass is 398 g/mol. The Hall–Kier alpha value is -1.18. The molecular weight excluding hydrogens is 366 g/mol. The van der Waals surface area contributed by atoms with Gasteiger partial charge in [-0.3, -0.25) is 0 Å². The van der Waals surface area contributed by atoms with Gasteiger partial charge in [-0.2, -0.15) is 0 Å². The van der Waals surface area contributed by atoms with E-state index in [0.29, 0.717) is 17.3 Å². The summed E-state index contributed by atoms with van der Waals surface area (Å²) in [7, 11) is 0. The van der Waals surface area contributed by atoms with E-state index in [1.165, 1.54) is 4.88 Å². The number of quaternary nitrogens is 1. The van der Waals surface area contributed by atoms with E-state index in [2.05, 4.69) is 50.6 Å². The highest BCUT2D eigenvalue weighted by Crippen LogP contribution is 2.42. The third kappa shape index (κ3) is 4.75. The van der Waals surface area contributed by atoms with Crippen LogP contribution in [-0.2, 0) is 16.7 Å². The molecule has 1 aromatic rings. The number of thiocarbonyl (C=S) groups is 1. The number of hydrogen-bond donors (Lipinski definition) is 3. The number of ether oxygens (including phenoxy) is 1. The number of carbonyl (C=O) groups excluding carboxylic acids is 1. The lowest BCUT2D eigenvalue weighted by Crippen LogP contribution is -3.03. The fourth-order valence-corrected chi connectivity index (χ4v) is 5.29. The van der Waals surface area contributed by atoms with E-state index >= 15 is 0 Å². The van der Waals surface area contributed by atoms with Crippen molar-refractivity contribution in [2.75, 3.05) is 18.5 Å².